The number of carbonyl (C=O) groups is 1. The van der Waals surface area contributed by atoms with Crippen molar-refractivity contribution < 1.29 is 32.3 Å². The molecule has 0 N–H and O–H groups in total. The topological polar surface area (TPSA) is 40.1 Å². The minimum atomic E-state index is -0.899. The summed E-state index contributed by atoms with van der Waals surface area (Å²) in [5, 5.41) is 10.3. The second-order valence-electron chi connectivity index (χ2n) is 9.96. The Bertz CT molecular complexity index is 346. The van der Waals surface area contributed by atoms with E-state index in [1.54, 1.807) is 0 Å². The molecule has 0 unspecified atom stereocenters. The van der Waals surface area contributed by atoms with Gasteiger partial charge >= 0.3 is 22.4 Å². The monoisotopic (exact) mass is 544 g/mol. The van der Waals surface area contributed by atoms with Crippen LogP contribution in [0.15, 0.2) is 0 Å². The fourth-order valence-electron chi connectivity index (χ4n) is 4.59. The third-order valence-electron chi connectivity index (χ3n) is 6.73. The maximum absolute atomic E-state index is 10.3. The van der Waals surface area contributed by atoms with Gasteiger partial charge < -0.3 is 9.90 Å². The first kappa shape index (κ1) is 34.4. The first-order valence-corrected chi connectivity index (χ1v) is 14.5. The van der Waals surface area contributed by atoms with Crippen molar-refractivity contribution in [1.82, 2.24) is 0 Å². The predicted octanol–water partition coefficient (Wildman–Crippen LogP) is 9.29. The maximum atomic E-state index is 10.3. The van der Waals surface area contributed by atoms with Crippen LogP contribution in [0, 0.1) is 0 Å². The summed E-state index contributed by atoms with van der Waals surface area (Å²) >= 11 is 0. The molecule has 0 aliphatic carbocycles. The SMILES string of the molecule is CCCCCCCCCCCCCCCCCCCCCCCCCCCCC(=O)[O-].[Ag+]. The average Bonchev–Trinajstić information content (AvgIpc) is 2.76. The number of carboxylic acid groups (broad SMARTS) is 1. The Morgan fingerprint density at radius 1 is 0.406 bits per heavy atom. The standard InChI is InChI=1S/C29H58O2.Ag/c1-2-3-4-5-6-7-8-9-10-11-12-13-14-15-16-17-18-19-20-21-22-23-24-25-26-27-28-29(30)31;/h2-28H2,1H3,(H,30,31);/q;+1/p-1. The van der Waals surface area contributed by atoms with E-state index in [1.807, 2.05) is 0 Å². The molecule has 0 radical (unpaired) electrons. The van der Waals surface area contributed by atoms with Gasteiger partial charge in [0.25, 0.3) is 0 Å². The molecule has 0 aliphatic rings. The molecule has 0 saturated carbocycles. The number of carboxylic acids is 1. The van der Waals surface area contributed by atoms with Gasteiger partial charge in [-0.15, -0.1) is 0 Å². The fraction of sp³-hybridized carbons (Fsp3) is 0.966. The molecule has 3 heteroatoms. The molecule has 32 heavy (non-hydrogen) atoms. The molecule has 2 nitrogen and oxygen atoms in total. The van der Waals surface area contributed by atoms with Crippen molar-refractivity contribution in [3.63, 3.8) is 0 Å². The van der Waals surface area contributed by atoms with Crippen molar-refractivity contribution in [3.8, 4) is 0 Å². The molecule has 0 aliphatic heterocycles. The van der Waals surface area contributed by atoms with Gasteiger partial charge in [-0.3, -0.25) is 0 Å². The summed E-state index contributed by atoms with van der Waals surface area (Å²) < 4.78 is 0. The summed E-state index contributed by atoms with van der Waals surface area (Å²) in [5.41, 5.74) is 0. The second-order valence-corrected chi connectivity index (χ2v) is 9.96. The molecule has 0 atom stereocenters. The second kappa shape index (κ2) is 31.2. The van der Waals surface area contributed by atoms with E-state index < -0.39 is 5.97 Å². The minimum Gasteiger partial charge on any atom is -0.550 e. The molecule has 0 bridgehead atoms. The van der Waals surface area contributed by atoms with E-state index in [1.165, 1.54) is 154 Å². The Balaban J connectivity index is 0. The summed E-state index contributed by atoms with van der Waals surface area (Å²) in [5.74, 6) is -0.899. The Kier molecular flexibility index (Phi) is 33.5. The van der Waals surface area contributed by atoms with Gasteiger partial charge in [0.2, 0.25) is 0 Å². The Hall–Kier alpha value is 0.210. The summed E-state index contributed by atoms with van der Waals surface area (Å²) in [6, 6.07) is 0. The van der Waals surface area contributed by atoms with Crippen LogP contribution >= 0.6 is 0 Å². The van der Waals surface area contributed by atoms with E-state index in [4.69, 9.17) is 0 Å². The molecule has 0 spiro atoms. The van der Waals surface area contributed by atoms with Gasteiger partial charge in [0, 0.05) is 5.97 Å². The molecule has 0 amide bonds. The molecule has 0 aromatic carbocycles. The van der Waals surface area contributed by atoms with Crippen LogP contribution in [0.5, 0.6) is 0 Å². The quantitative estimate of drug-likeness (QED) is 0.0762. The third kappa shape index (κ3) is 32.4. The zero-order chi connectivity index (χ0) is 22.7. The van der Waals surface area contributed by atoms with Gasteiger partial charge in [-0.05, 0) is 12.8 Å². The predicted molar refractivity (Wildman–Crippen MR) is 135 cm³/mol. The number of rotatable bonds is 27. The molecular weight excluding hydrogens is 488 g/mol. The van der Waals surface area contributed by atoms with Crippen molar-refractivity contribution in [3.05, 3.63) is 0 Å². The zero-order valence-corrected chi connectivity index (χ0v) is 23.2. The first-order chi connectivity index (χ1) is 15.3. The molecule has 196 valence electrons. The van der Waals surface area contributed by atoms with E-state index in [0.717, 1.165) is 12.8 Å². The van der Waals surface area contributed by atoms with E-state index >= 15 is 0 Å². The van der Waals surface area contributed by atoms with E-state index in [2.05, 4.69) is 6.92 Å². The summed E-state index contributed by atoms with van der Waals surface area (Å²) in [6.45, 7) is 2.29. The van der Waals surface area contributed by atoms with Crippen molar-refractivity contribution in [2.45, 2.75) is 180 Å². The van der Waals surface area contributed by atoms with Crippen molar-refractivity contribution in [2.24, 2.45) is 0 Å². The van der Waals surface area contributed by atoms with E-state index in [9.17, 15) is 9.90 Å². The van der Waals surface area contributed by atoms with Crippen LogP contribution in [0.1, 0.15) is 180 Å². The van der Waals surface area contributed by atoms with E-state index in [0.29, 0.717) is 0 Å². The summed E-state index contributed by atoms with van der Waals surface area (Å²) in [6.07, 6.45) is 36.1. The van der Waals surface area contributed by atoms with Crippen LogP contribution in [0.3, 0.4) is 0 Å². The maximum Gasteiger partial charge on any atom is 1.00 e. The molecule has 0 rings (SSSR count). The molecule has 0 fully saturated rings. The van der Waals surface area contributed by atoms with Gasteiger partial charge in [0.05, 0.1) is 0 Å². The molecule has 0 aromatic rings. The minimum absolute atomic E-state index is 0. The van der Waals surface area contributed by atoms with Gasteiger partial charge in [-0.25, -0.2) is 0 Å². The van der Waals surface area contributed by atoms with Crippen LogP contribution < -0.4 is 5.11 Å². The summed E-state index contributed by atoms with van der Waals surface area (Å²) in [4.78, 5) is 10.3. The van der Waals surface area contributed by atoms with Crippen LogP contribution in [-0.2, 0) is 27.2 Å². The fourth-order valence-corrected chi connectivity index (χ4v) is 4.59. The average molecular weight is 546 g/mol. The summed E-state index contributed by atoms with van der Waals surface area (Å²) in [7, 11) is 0. The van der Waals surface area contributed by atoms with Crippen LogP contribution in [-0.4, -0.2) is 5.97 Å². The van der Waals surface area contributed by atoms with Crippen molar-refractivity contribution in [2.75, 3.05) is 0 Å². The molecular formula is C29H57AgO2. The number of unbranched alkanes of at least 4 members (excludes halogenated alkanes) is 25. The third-order valence-corrected chi connectivity index (χ3v) is 6.73. The molecule has 0 saturated heterocycles. The Labute approximate surface area is 218 Å². The first-order valence-electron chi connectivity index (χ1n) is 14.5. The normalized spacial score (nSPS) is 10.9. The van der Waals surface area contributed by atoms with Gasteiger partial charge in [0.15, 0.2) is 0 Å². The van der Waals surface area contributed by atoms with Gasteiger partial charge in [-0.2, -0.15) is 0 Å². The smallest absolute Gasteiger partial charge is 0.550 e. The largest absolute Gasteiger partial charge is 1.00 e. The number of hydrogen-bond donors (Lipinski definition) is 0. The number of aliphatic carboxylic acids is 1. The van der Waals surface area contributed by atoms with Gasteiger partial charge in [0.1, 0.15) is 0 Å². The Morgan fingerprint density at radius 3 is 0.781 bits per heavy atom. The van der Waals surface area contributed by atoms with E-state index in [-0.39, 0.29) is 28.8 Å². The van der Waals surface area contributed by atoms with Crippen LogP contribution in [0.2, 0.25) is 0 Å². The van der Waals surface area contributed by atoms with Crippen LogP contribution in [0.4, 0.5) is 0 Å². The number of hydrogen-bond acceptors (Lipinski definition) is 2. The molecule has 0 heterocycles. The zero-order valence-electron chi connectivity index (χ0n) is 21.7. The van der Waals surface area contributed by atoms with Crippen molar-refractivity contribution >= 4 is 5.97 Å². The van der Waals surface area contributed by atoms with Gasteiger partial charge in [-0.1, -0.05) is 167 Å². The Morgan fingerprint density at radius 2 is 0.594 bits per heavy atom. The van der Waals surface area contributed by atoms with Crippen molar-refractivity contribution in [1.29, 1.82) is 0 Å². The van der Waals surface area contributed by atoms with Crippen LogP contribution in [0.25, 0.3) is 0 Å². The molecule has 0 aromatic heterocycles. The number of carbonyl (C=O) groups excluding carboxylic acids is 1.